The molecule has 15 heteroatoms. The number of nitrogens with one attached hydrogen (secondary N) is 4. The quantitative estimate of drug-likeness (QED) is 0.190. The van der Waals surface area contributed by atoms with Gasteiger partial charge in [-0.3, -0.25) is 28.8 Å². The summed E-state index contributed by atoms with van der Waals surface area (Å²) in [5.74, 6) is -4.02. The monoisotopic (exact) mass is 549 g/mol. The summed E-state index contributed by atoms with van der Waals surface area (Å²) in [5.41, 5.74) is 0.307. The maximum Gasteiger partial charge on any atom is 0.316 e. The topological polar surface area (TPSA) is 214 Å². The van der Waals surface area contributed by atoms with Crippen molar-refractivity contribution in [3.63, 3.8) is 0 Å². The molecule has 0 saturated carbocycles. The molecule has 0 radical (unpaired) electrons. The molecule has 0 aromatic heterocycles. The number of carbonyl (C=O) groups is 6. The van der Waals surface area contributed by atoms with Crippen molar-refractivity contribution in [2.45, 2.75) is 70.6 Å². The van der Waals surface area contributed by atoms with Crippen molar-refractivity contribution >= 4 is 46.9 Å². The molecule has 212 valence electrons. The lowest BCUT2D eigenvalue weighted by Gasteiger charge is -2.28. The Labute approximate surface area is 223 Å². The lowest BCUT2D eigenvalue weighted by Crippen LogP contribution is -2.56. The van der Waals surface area contributed by atoms with Crippen LogP contribution in [0, 0.1) is 4.91 Å². The number of likely N-dealkylation sites (tertiary alicyclic amines) is 1. The van der Waals surface area contributed by atoms with E-state index in [-0.39, 0.29) is 30.0 Å². The lowest BCUT2D eigenvalue weighted by molar-refractivity contribution is -0.729. The van der Waals surface area contributed by atoms with Crippen LogP contribution in [0.4, 0.5) is 11.4 Å². The number of aliphatic carboxylic acids is 1. The molecule has 1 aliphatic heterocycles. The normalized spacial score (nSPS) is 16.8. The highest BCUT2D eigenvalue weighted by Gasteiger charge is 2.37. The van der Waals surface area contributed by atoms with Gasteiger partial charge in [-0.2, -0.15) is 0 Å². The Bertz CT molecular complexity index is 1120. The summed E-state index contributed by atoms with van der Waals surface area (Å²) in [7, 11) is 0. The first kappa shape index (κ1) is 30.7. The van der Waals surface area contributed by atoms with Gasteiger partial charge in [0, 0.05) is 30.8 Å². The molecule has 4 atom stereocenters. The molecule has 1 aromatic rings. The van der Waals surface area contributed by atoms with Crippen LogP contribution in [-0.4, -0.2) is 86.4 Å². The van der Waals surface area contributed by atoms with Gasteiger partial charge in [0.05, 0.1) is 11.3 Å². The Balaban J connectivity index is 1.89. The first-order valence-electron chi connectivity index (χ1n) is 12.3. The molecule has 0 aliphatic carbocycles. The number of carbonyl (C=O) groups excluding carboxylic acids is 5. The summed E-state index contributed by atoms with van der Waals surface area (Å²) in [6, 6.07) is 1.54. The minimum Gasteiger partial charge on any atom is -0.481 e. The molecule has 0 bridgehead atoms. The van der Waals surface area contributed by atoms with Gasteiger partial charge < -0.3 is 31.3 Å². The first-order valence-corrected chi connectivity index (χ1v) is 12.3. The predicted molar refractivity (Wildman–Crippen MR) is 135 cm³/mol. The molecule has 1 heterocycles. The number of carboxylic acids is 1. The molecule has 1 aromatic carbocycles. The van der Waals surface area contributed by atoms with Crippen molar-refractivity contribution in [3.05, 3.63) is 29.2 Å². The van der Waals surface area contributed by atoms with Crippen LogP contribution in [-0.2, 0) is 28.8 Å². The highest BCUT2D eigenvalue weighted by Crippen LogP contribution is 2.19. The highest BCUT2D eigenvalue weighted by atomic mass is 16.6. The van der Waals surface area contributed by atoms with Gasteiger partial charge in [-0.1, -0.05) is 0 Å². The van der Waals surface area contributed by atoms with E-state index in [9.17, 15) is 33.7 Å². The zero-order chi connectivity index (χ0) is 29.3. The summed E-state index contributed by atoms with van der Waals surface area (Å²) in [4.78, 5) is 85.0. The molecule has 2 rings (SSSR count). The van der Waals surface area contributed by atoms with Crippen LogP contribution in [0.5, 0.6) is 0 Å². The van der Waals surface area contributed by atoms with Crippen molar-refractivity contribution in [3.8, 4) is 0 Å². The third kappa shape index (κ3) is 9.05. The SMILES string of the molecule is C[C@H](NC(=O)CCC(=O)O)C(=O)N[C@@H](C)C(=O)N1CCC[C@H]1C(=O)N[C@@H](C)C(=O)Nc1ccc([N+](=O)O)cc1. The molecular formula is C24H33N6O9+. The summed E-state index contributed by atoms with van der Waals surface area (Å²) in [5, 5.41) is 27.5. The Morgan fingerprint density at radius 2 is 1.54 bits per heavy atom. The van der Waals surface area contributed by atoms with Crippen LogP contribution in [0.2, 0.25) is 0 Å². The molecule has 5 amide bonds. The molecule has 0 spiro atoms. The molecule has 0 unspecified atom stereocenters. The summed E-state index contributed by atoms with van der Waals surface area (Å²) >= 11 is 0. The van der Waals surface area contributed by atoms with Gasteiger partial charge in [0.25, 0.3) is 4.92 Å². The number of rotatable bonds is 12. The minimum atomic E-state index is -1.15. The van der Waals surface area contributed by atoms with Crippen molar-refractivity contribution in [2.24, 2.45) is 0 Å². The number of nitrogens with zero attached hydrogens (tertiary/aromatic N) is 2. The van der Waals surface area contributed by atoms with Crippen LogP contribution >= 0.6 is 0 Å². The Kier molecular flexibility index (Phi) is 10.9. The molecule has 6 N–H and O–H groups in total. The molecule has 15 nitrogen and oxygen atoms in total. The van der Waals surface area contributed by atoms with Crippen LogP contribution < -0.4 is 21.3 Å². The fourth-order valence-electron chi connectivity index (χ4n) is 3.85. The Morgan fingerprint density at radius 3 is 2.13 bits per heavy atom. The van der Waals surface area contributed by atoms with Crippen molar-refractivity contribution in [2.75, 3.05) is 11.9 Å². The zero-order valence-electron chi connectivity index (χ0n) is 21.8. The number of amides is 5. The maximum atomic E-state index is 13.0. The number of benzene rings is 1. The van der Waals surface area contributed by atoms with Gasteiger partial charge in [0.1, 0.15) is 24.2 Å². The van der Waals surface area contributed by atoms with Gasteiger partial charge in [-0.05, 0) is 45.7 Å². The summed E-state index contributed by atoms with van der Waals surface area (Å²) in [6.07, 6.45) is 0.220. The van der Waals surface area contributed by atoms with E-state index in [1.165, 1.54) is 49.9 Å². The number of hydrogen-bond donors (Lipinski definition) is 6. The van der Waals surface area contributed by atoms with Gasteiger partial charge >= 0.3 is 11.7 Å². The molecular weight excluding hydrogens is 516 g/mol. The van der Waals surface area contributed by atoms with E-state index in [1.807, 2.05) is 0 Å². The fraction of sp³-hybridized carbons (Fsp3) is 0.500. The van der Waals surface area contributed by atoms with E-state index < -0.39 is 59.7 Å². The highest BCUT2D eigenvalue weighted by molar-refractivity contribution is 5.99. The van der Waals surface area contributed by atoms with Crippen LogP contribution in [0.1, 0.15) is 46.5 Å². The average molecular weight is 550 g/mol. The largest absolute Gasteiger partial charge is 0.481 e. The van der Waals surface area contributed by atoms with Gasteiger partial charge in [0.2, 0.25) is 29.5 Å². The summed E-state index contributed by atoms with van der Waals surface area (Å²) in [6.45, 7) is 4.57. The Hall–Kier alpha value is -4.56. The summed E-state index contributed by atoms with van der Waals surface area (Å²) < 4.78 is 0. The van der Waals surface area contributed by atoms with E-state index in [2.05, 4.69) is 21.3 Å². The number of anilines is 1. The van der Waals surface area contributed by atoms with Crippen LogP contribution in [0.3, 0.4) is 0 Å². The molecule has 1 fully saturated rings. The maximum absolute atomic E-state index is 13.0. The molecule has 1 aliphatic rings. The standard InChI is InChI=1S/C24H32N6O9/c1-13(25-19(31)10-11-20(32)33)21(34)27-15(3)24(37)29-12-4-5-18(29)23(36)26-14(2)22(35)28-16-6-8-17(9-7-16)30(38)39/h6-9,13-15,18H,4-5,10-12H2,1-3H3,(H5-,25,26,27,28,31,32,33,34,35,36,38,39)/p+1/t13-,14-,15-,18-/m0/s1. The second kappa shape index (κ2) is 13.8. The molecule has 1 saturated heterocycles. The van der Waals surface area contributed by atoms with Crippen molar-refractivity contribution in [1.29, 1.82) is 0 Å². The van der Waals surface area contributed by atoms with E-state index in [1.54, 1.807) is 0 Å². The van der Waals surface area contributed by atoms with Crippen LogP contribution in [0.25, 0.3) is 0 Å². The number of hydrogen-bond acceptors (Lipinski definition) is 7. The van der Waals surface area contributed by atoms with Crippen LogP contribution in [0.15, 0.2) is 24.3 Å². The second-order valence-electron chi connectivity index (χ2n) is 9.14. The van der Waals surface area contributed by atoms with Gasteiger partial charge in [-0.15, -0.1) is 0 Å². The van der Waals surface area contributed by atoms with E-state index in [4.69, 9.17) is 10.3 Å². The third-order valence-corrected chi connectivity index (χ3v) is 6.01. The fourth-order valence-corrected chi connectivity index (χ4v) is 3.85. The number of carboxylic acid groups (broad SMARTS) is 1. The van der Waals surface area contributed by atoms with Crippen molar-refractivity contribution in [1.82, 2.24) is 20.9 Å². The molecule has 39 heavy (non-hydrogen) atoms. The average Bonchev–Trinajstić information content (AvgIpc) is 3.37. The predicted octanol–water partition coefficient (Wildman–Crippen LogP) is -0.205. The second-order valence-corrected chi connectivity index (χ2v) is 9.14. The lowest BCUT2D eigenvalue weighted by atomic mass is 10.1. The van der Waals surface area contributed by atoms with Gasteiger partial charge in [-0.25, -0.2) is 5.21 Å². The Morgan fingerprint density at radius 1 is 0.923 bits per heavy atom. The zero-order valence-corrected chi connectivity index (χ0v) is 21.8. The van der Waals surface area contributed by atoms with E-state index >= 15 is 0 Å². The van der Waals surface area contributed by atoms with Gasteiger partial charge in [0.15, 0.2) is 0 Å². The smallest absolute Gasteiger partial charge is 0.316 e. The van der Waals surface area contributed by atoms with Crippen molar-refractivity contribution < 1.29 is 44.0 Å². The first-order chi connectivity index (χ1) is 18.3. The van der Waals surface area contributed by atoms with E-state index in [0.29, 0.717) is 18.5 Å². The van der Waals surface area contributed by atoms with E-state index in [0.717, 1.165) is 0 Å². The third-order valence-electron chi connectivity index (χ3n) is 6.01. The minimum absolute atomic E-state index is 0.0271.